The van der Waals surface area contributed by atoms with Crippen LogP contribution < -0.4 is 4.74 Å². The third kappa shape index (κ3) is 1.69. The lowest BCUT2D eigenvalue weighted by molar-refractivity contribution is 0.275. The first-order valence-electron chi connectivity index (χ1n) is 4.10. The molecule has 0 unspecified atom stereocenters. The summed E-state index contributed by atoms with van der Waals surface area (Å²) in [6, 6.07) is 0.475. The van der Waals surface area contributed by atoms with Crippen LogP contribution in [0.5, 0.6) is 6.01 Å². The van der Waals surface area contributed by atoms with Crippen LogP contribution in [0.25, 0.3) is 0 Å². The van der Waals surface area contributed by atoms with E-state index in [9.17, 15) is 0 Å². The maximum absolute atomic E-state index is 5.42. The normalized spacial score (nSPS) is 16.2. The molecule has 1 aliphatic rings. The van der Waals surface area contributed by atoms with Gasteiger partial charge in [-0.25, -0.2) is 4.98 Å². The van der Waals surface area contributed by atoms with Crippen molar-refractivity contribution in [3.05, 3.63) is 11.6 Å². The van der Waals surface area contributed by atoms with Crippen LogP contribution in [0.15, 0.2) is 0 Å². The molecule has 0 amide bonds. The Morgan fingerprint density at radius 2 is 1.67 bits per heavy atom. The first-order chi connectivity index (χ1) is 5.74. The van der Waals surface area contributed by atoms with E-state index in [0.717, 1.165) is 24.5 Å². The third-order valence-corrected chi connectivity index (χ3v) is 1.63. The van der Waals surface area contributed by atoms with Gasteiger partial charge in [-0.05, 0) is 26.7 Å². The molecule has 1 fully saturated rings. The Labute approximate surface area is 71.0 Å². The van der Waals surface area contributed by atoms with Crippen LogP contribution in [-0.4, -0.2) is 21.1 Å². The molecule has 1 aliphatic carbocycles. The highest BCUT2D eigenvalue weighted by molar-refractivity contribution is 5.00. The van der Waals surface area contributed by atoms with Gasteiger partial charge in [0.15, 0.2) is 0 Å². The highest BCUT2D eigenvalue weighted by Crippen LogP contribution is 2.24. The van der Waals surface area contributed by atoms with Crippen LogP contribution >= 0.6 is 0 Å². The Morgan fingerprint density at radius 1 is 1.08 bits per heavy atom. The summed E-state index contributed by atoms with van der Waals surface area (Å²) in [5.74, 6) is 1.44. The third-order valence-electron chi connectivity index (χ3n) is 1.63. The van der Waals surface area contributed by atoms with Crippen molar-refractivity contribution in [1.82, 2.24) is 15.0 Å². The van der Waals surface area contributed by atoms with Crippen molar-refractivity contribution >= 4 is 0 Å². The minimum Gasteiger partial charge on any atom is -0.460 e. The number of hydrogen-bond acceptors (Lipinski definition) is 4. The van der Waals surface area contributed by atoms with Gasteiger partial charge in [-0.2, -0.15) is 9.97 Å². The zero-order chi connectivity index (χ0) is 8.55. The lowest BCUT2D eigenvalue weighted by Crippen LogP contribution is -2.04. The molecule has 0 aliphatic heterocycles. The molecule has 4 heteroatoms. The van der Waals surface area contributed by atoms with Gasteiger partial charge in [0.1, 0.15) is 17.8 Å². The van der Waals surface area contributed by atoms with Crippen LogP contribution in [0.3, 0.4) is 0 Å². The molecule has 1 heterocycles. The zero-order valence-electron chi connectivity index (χ0n) is 7.24. The smallest absolute Gasteiger partial charge is 0.320 e. The second-order valence-electron chi connectivity index (χ2n) is 3.03. The predicted octanol–water partition coefficient (Wildman–Crippen LogP) is 1.03. The minimum absolute atomic E-state index is 0.353. The van der Waals surface area contributed by atoms with E-state index in [2.05, 4.69) is 15.0 Å². The molecule has 1 aromatic heterocycles. The number of nitrogens with zero attached hydrogens (tertiary/aromatic N) is 3. The van der Waals surface area contributed by atoms with E-state index in [0.29, 0.717) is 12.1 Å². The van der Waals surface area contributed by atoms with Crippen molar-refractivity contribution in [3.8, 4) is 6.01 Å². The van der Waals surface area contributed by atoms with Gasteiger partial charge in [0.05, 0.1) is 0 Å². The fraction of sp³-hybridized carbons (Fsp3) is 0.625. The van der Waals surface area contributed by atoms with Gasteiger partial charge in [-0.3, -0.25) is 0 Å². The SMILES string of the molecule is Cc1nc(C)nc(OC2CC2)n1. The van der Waals surface area contributed by atoms with Gasteiger partial charge in [0, 0.05) is 0 Å². The number of ether oxygens (including phenoxy) is 1. The molecule has 0 atom stereocenters. The van der Waals surface area contributed by atoms with Crippen LogP contribution in [0, 0.1) is 13.8 Å². The number of aromatic nitrogens is 3. The second-order valence-corrected chi connectivity index (χ2v) is 3.03. The van der Waals surface area contributed by atoms with E-state index in [-0.39, 0.29) is 0 Å². The predicted molar refractivity (Wildman–Crippen MR) is 43.0 cm³/mol. The van der Waals surface area contributed by atoms with Crippen molar-refractivity contribution in [1.29, 1.82) is 0 Å². The van der Waals surface area contributed by atoms with E-state index in [1.165, 1.54) is 0 Å². The van der Waals surface area contributed by atoms with E-state index in [1.807, 2.05) is 13.8 Å². The quantitative estimate of drug-likeness (QED) is 0.656. The maximum Gasteiger partial charge on any atom is 0.320 e. The summed E-state index contributed by atoms with van der Waals surface area (Å²) >= 11 is 0. The first kappa shape index (κ1) is 7.46. The second kappa shape index (κ2) is 2.69. The van der Waals surface area contributed by atoms with Gasteiger partial charge in [-0.15, -0.1) is 0 Å². The molecule has 2 rings (SSSR count). The molecule has 0 N–H and O–H groups in total. The van der Waals surface area contributed by atoms with Crippen molar-refractivity contribution in [2.45, 2.75) is 32.8 Å². The van der Waals surface area contributed by atoms with Gasteiger partial charge < -0.3 is 4.74 Å². The Bertz CT molecular complexity index is 276. The molecule has 0 radical (unpaired) electrons. The Hall–Kier alpha value is -1.19. The molecule has 12 heavy (non-hydrogen) atoms. The summed E-state index contributed by atoms with van der Waals surface area (Å²) in [7, 11) is 0. The molecule has 1 aromatic rings. The van der Waals surface area contributed by atoms with Crippen LogP contribution in [0.1, 0.15) is 24.5 Å². The summed E-state index contributed by atoms with van der Waals surface area (Å²) in [6.45, 7) is 3.68. The van der Waals surface area contributed by atoms with Gasteiger partial charge >= 0.3 is 6.01 Å². The largest absolute Gasteiger partial charge is 0.460 e. The minimum atomic E-state index is 0.353. The van der Waals surface area contributed by atoms with Crippen LogP contribution in [0.2, 0.25) is 0 Å². The molecular weight excluding hydrogens is 154 g/mol. The lowest BCUT2D eigenvalue weighted by atomic mass is 10.6. The Kier molecular flexibility index (Phi) is 1.67. The van der Waals surface area contributed by atoms with Gasteiger partial charge in [0.25, 0.3) is 0 Å². The van der Waals surface area contributed by atoms with Gasteiger partial charge in [-0.1, -0.05) is 0 Å². The average Bonchev–Trinajstić information content (AvgIpc) is 2.68. The standard InChI is InChI=1S/C8H11N3O/c1-5-9-6(2)11-8(10-5)12-7-3-4-7/h7H,3-4H2,1-2H3. The fourth-order valence-electron chi connectivity index (χ4n) is 0.974. The molecule has 4 nitrogen and oxygen atoms in total. The summed E-state index contributed by atoms with van der Waals surface area (Å²) in [6.07, 6.45) is 2.61. The highest BCUT2D eigenvalue weighted by atomic mass is 16.5. The molecule has 0 spiro atoms. The van der Waals surface area contributed by atoms with E-state index in [4.69, 9.17) is 4.74 Å². The average molecular weight is 165 g/mol. The zero-order valence-corrected chi connectivity index (χ0v) is 7.24. The van der Waals surface area contributed by atoms with Crippen molar-refractivity contribution < 1.29 is 4.74 Å². The van der Waals surface area contributed by atoms with Crippen LogP contribution in [0.4, 0.5) is 0 Å². The molecular formula is C8H11N3O. The van der Waals surface area contributed by atoms with Crippen molar-refractivity contribution in [2.75, 3.05) is 0 Å². The molecule has 0 saturated heterocycles. The summed E-state index contributed by atoms with van der Waals surface area (Å²) in [4.78, 5) is 12.2. The maximum atomic E-state index is 5.42. The number of hydrogen-bond donors (Lipinski definition) is 0. The summed E-state index contributed by atoms with van der Waals surface area (Å²) in [5.41, 5.74) is 0. The van der Waals surface area contributed by atoms with Crippen LogP contribution in [-0.2, 0) is 0 Å². The van der Waals surface area contributed by atoms with Gasteiger partial charge in [0.2, 0.25) is 0 Å². The lowest BCUT2D eigenvalue weighted by Gasteiger charge is -2.02. The molecule has 0 bridgehead atoms. The molecule has 64 valence electrons. The number of aryl methyl sites for hydroxylation is 2. The fourth-order valence-corrected chi connectivity index (χ4v) is 0.974. The van der Waals surface area contributed by atoms with E-state index in [1.54, 1.807) is 0 Å². The van der Waals surface area contributed by atoms with E-state index < -0.39 is 0 Å². The van der Waals surface area contributed by atoms with Crippen molar-refractivity contribution in [3.63, 3.8) is 0 Å². The summed E-state index contributed by atoms with van der Waals surface area (Å²) < 4.78 is 5.42. The molecule has 1 saturated carbocycles. The number of rotatable bonds is 2. The molecule has 0 aromatic carbocycles. The first-order valence-corrected chi connectivity index (χ1v) is 4.10. The van der Waals surface area contributed by atoms with Crippen molar-refractivity contribution in [2.24, 2.45) is 0 Å². The Morgan fingerprint density at radius 3 is 2.17 bits per heavy atom. The van der Waals surface area contributed by atoms with E-state index >= 15 is 0 Å². The topological polar surface area (TPSA) is 47.9 Å². The summed E-state index contributed by atoms with van der Waals surface area (Å²) in [5, 5.41) is 0. The Balaban J connectivity index is 2.18. The highest BCUT2D eigenvalue weighted by Gasteiger charge is 2.24. The monoisotopic (exact) mass is 165 g/mol.